The number of nitriles is 1. The van der Waals surface area contributed by atoms with Crippen LogP contribution in [-0.4, -0.2) is 4.92 Å². The molecule has 6 nitrogen and oxygen atoms in total. The molecule has 0 radical (unpaired) electrons. The Morgan fingerprint density at radius 3 is 2.09 bits per heavy atom. The fourth-order valence-electron chi connectivity index (χ4n) is 6.68. The number of aryl methyl sites for hydroxylation is 1. The molecule has 6 aromatic rings. The molecule has 0 aromatic heterocycles. The van der Waals surface area contributed by atoms with E-state index < -0.39 is 23.6 Å². The van der Waals surface area contributed by atoms with E-state index in [1.807, 2.05) is 91.0 Å². The highest BCUT2D eigenvalue weighted by atomic mass is 31.2. The number of fused-ring (bicyclic) bond motifs is 4. The lowest BCUT2D eigenvalue weighted by Gasteiger charge is -2.28. The molecule has 1 aliphatic rings. The minimum Gasteiger partial charge on any atom is -0.392 e. The summed E-state index contributed by atoms with van der Waals surface area (Å²) in [5.74, 6) is -0.493. The van der Waals surface area contributed by atoms with E-state index in [0.29, 0.717) is 56.4 Å². The van der Waals surface area contributed by atoms with Crippen LogP contribution >= 0.6 is 7.14 Å². The zero-order chi connectivity index (χ0) is 31.3. The second-order valence-corrected chi connectivity index (χ2v) is 13.7. The maximum atomic E-state index is 15.9. The van der Waals surface area contributed by atoms with Gasteiger partial charge >= 0.3 is 5.69 Å². The summed E-state index contributed by atoms with van der Waals surface area (Å²) < 4.78 is 30.6. The van der Waals surface area contributed by atoms with Crippen LogP contribution in [0, 0.1) is 27.3 Å². The molecule has 45 heavy (non-hydrogen) atoms. The summed E-state index contributed by atoms with van der Waals surface area (Å²) in [7, 11) is -3.67. The van der Waals surface area contributed by atoms with Gasteiger partial charge in [0.1, 0.15) is 17.6 Å². The van der Waals surface area contributed by atoms with Crippen LogP contribution in [0.4, 0.5) is 15.8 Å². The van der Waals surface area contributed by atoms with Gasteiger partial charge in [-0.3, -0.25) is 10.1 Å². The number of anilines is 1. The van der Waals surface area contributed by atoms with Gasteiger partial charge in [-0.25, -0.2) is 4.39 Å². The van der Waals surface area contributed by atoms with E-state index in [2.05, 4.69) is 6.07 Å². The topological polar surface area (TPSA) is 110 Å². The number of hydrogen-bond acceptors (Lipinski definition) is 5. The van der Waals surface area contributed by atoms with Crippen molar-refractivity contribution in [3.63, 3.8) is 0 Å². The predicted molar refractivity (Wildman–Crippen MR) is 177 cm³/mol. The number of benzene rings is 6. The van der Waals surface area contributed by atoms with E-state index in [-0.39, 0.29) is 16.8 Å². The molecule has 7 rings (SSSR count). The van der Waals surface area contributed by atoms with E-state index in [4.69, 9.17) is 5.73 Å². The van der Waals surface area contributed by atoms with Crippen LogP contribution in [0.1, 0.15) is 16.7 Å². The summed E-state index contributed by atoms with van der Waals surface area (Å²) in [5, 5.41) is 26.3. The Hall–Kier alpha value is -5.57. The number of nitro benzene ring substituents is 1. The van der Waals surface area contributed by atoms with Gasteiger partial charge in [0.2, 0.25) is 0 Å². The molecule has 2 N–H and O–H groups in total. The van der Waals surface area contributed by atoms with Crippen LogP contribution in [0.15, 0.2) is 115 Å². The molecule has 8 heteroatoms. The van der Waals surface area contributed by atoms with Gasteiger partial charge in [0.15, 0.2) is 7.14 Å². The maximum Gasteiger partial charge on any atom is 0.301 e. The molecule has 0 heterocycles. The number of rotatable bonds is 5. The summed E-state index contributed by atoms with van der Waals surface area (Å²) in [6, 6.07) is 35.8. The van der Waals surface area contributed by atoms with Gasteiger partial charge in [-0.05, 0) is 58.5 Å². The normalized spacial score (nSPS) is 12.3. The van der Waals surface area contributed by atoms with Crippen LogP contribution in [0.3, 0.4) is 0 Å². The zero-order valence-electron chi connectivity index (χ0n) is 23.9. The first-order chi connectivity index (χ1) is 21.8. The van der Waals surface area contributed by atoms with Gasteiger partial charge in [-0.1, -0.05) is 97.1 Å². The highest BCUT2D eigenvalue weighted by Gasteiger charge is 2.39. The Kier molecular flexibility index (Phi) is 6.81. The first kappa shape index (κ1) is 28.2. The maximum absolute atomic E-state index is 15.9. The van der Waals surface area contributed by atoms with Crippen LogP contribution in [0.25, 0.3) is 33.0 Å². The Balaban J connectivity index is 1.72. The third-order valence-electron chi connectivity index (χ3n) is 8.63. The minimum absolute atomic E-state index is 0.0666. The standard InChI is InChI=1S/C37H25FN3O3P/c38-25-18-15-24-16-19-29-33(30(24)21-25)31(22-39)36(40)37(41(42)43)35(29)34-28-14-8-7-9-23(28)17-20-32(34)45(44,26-10-3-1-4-11-26)27-12-5-2-6-13-27/h1-15,17-18,20-21H,16,19,40H2. The Bertz CT molecular complexity index is 2220. The van der Waals surface area contributed by atoms with Crippen molar-refractivity contribution < 1.29 is 13.9 Å². The molecule has 0 aliphatic heterocycles. The Morgan fingerprint density at radius 2 is 1.44 bits per heavy atom. The highest BCUT2D eigenvalue weighted by molar-refractivity contribution is 7.85. The van der Waals surface area contributed by atoms with Crippen LogP contribution in [-0.2, 0) is 17.4 Å². The smallest absolute Gasteiger partial charge is 0.301 e. The van der Waals surface area contributed by atoms with Gasteiger partial charge in [-0.15, -0.1) is 0 Å². The van der Waals surface area contributed by atoms with Crippen molar-refractivity contribution in [1.82, 2.24) is 0 Å². The lowest BCUT2D eigenvalue weighted by Crippen LogP contribution is -2.27. The molecular formula is C37H25FN3O3P. The lowest BCUT2D eigenvalue weighted by molar-refractivity contribution is -0.383. The van der Waals surface area contributed by atoms with Gasteiger partial charge in [0, 0.05) is 27.0 Å². The Labute approximate surface area is 258 Å². The summed E-state index contributed by atoms with van der Waals surface area (Å²) in [5.41, 5.74) is 8.57. The summed E-state index contributed by atoms with van der Waals surface area (Å²) in [6.07, 6.45) is 0.805. The third kappa shape index (κ3) is 4.34. The number of nitro groups is 1. The zero-order valence-corrected chi connectivity index (χ0v) is 24.8. The van der Waals surface area contributed by atoms with Gasteiger partial charge in [0.25, 0.3) is 0 Å². The molecular weight excluding hydrogens is 584 g/mol. The van der Waals surface area contributed by atoms with Crippen LogP contribution in [0.5, 0.6) is 0 Å². The summed E-state index contributed by atoms with van der Waals surface area (Å²) >= 11 is 0. The van der Waals surface area contributed by atoms with E-state index in [9.17, 15) is 19.8 Å². The first-order valence-corrected chi connectivity index (χ1v) is 16.1. The number of nitrogen functional groups attached to an aromatic ring is 1. The number of nitrogens with two attached hydrogens (primary N) is 1. The average molecular weight is 610 g/mol. The van der Waals surface area contributed by atoms with E-state index in [1.165, 1.54) is 12.1 Å². The SMILES string of the molecule is N#Cc1c(N)c([N+](=O)[O-])c(-c2c(P(=O)(c3ccccc3)c3ccccc3)ccc3ccccc23)c2c1-c1cc(F)ccc1CC2. The number of nitrogens with zero attached hydrogens (tertiary/aromatic N) is 2. The van der Waals surface area contributed by atoms with Gasteiger partial charge in [0.05, 0.1) is 16.1 Å². The molecule has 0 amide bonds. The van der Waals surface area contributed by atoms with Crippen LogP contribution in [0.2, 0.25) is 0 Å². The highest BCUT2D eigenvalue weighted by Crippen LogP contribution is 2.53. The molecule has 0 atom stereocenters. The molecule has 0 saturated heterocycles. The van der Waals surface area contributed by atoms with E-state index in [1.54, 1.807) is 12.1 Å². The molecule has 0 saturated carbocycles. The molecule has 0 fully saturated rings. The largest absolute Gasteiger partial charge is 0.392 e. The first-order valence-electron chi connectivity index (χ1n) is 14.4. The second kappa shape index (κ2) is 10.9. The van der Waals surface area contributed by atoms with Gasteiger partial charge in [-0.2, -0.15) is 5.26 Å². The van der Waals surface area contributed by atoms with Crippen molar-refractivity contribution in [2.75, 3.05) is 5.73 Å². The predicted octanol–water partition coefficient (Wildman–Crippen LogP) is 7.41. The fourth-order valence-corrected chi connectivity index (χ4v) is 9.55. The lowest BCUT2D eigenvalue weighted by atomic mass is 9.77. The molecule has 1 aliphatic carbocycles. The molecule has 0 bridgehead atoms. The second-order valence-electron chi connectivity index (χ2n) is 11.0. The minimum atomic E-state index is -3.67. The Morgan fingerprint density at radius 1 is 0.800 bits per heavy atom. The van der Waals surface area contributed by atoms with E-state index in [0.717, 1.165) is 10.9 Å². The monoisotopic (exact) mass is 609 g/mol. The third-order valence-corrected chi connectivity index (χ3v) is 11.7. The fraction of sp³-hybridized carbons (Fsp3) is 0.0541. The van der Waals surface area contributed by atoms with Crippen LogP contribution < -0.4 is 21.6 Å². The quantitative estimate of drug-likeness (QED) is 0.0947. The summed E-state index contributed by atoms with van der Waals surface area (Å²) in [4.78, 5) is 12.4. The van der Waals surface area contributed by atoms with Crippen molar-refractivity contribution in [2.24, 2.45) is 0 Å². The van der Waals surface area contributed by atoms with E-state index >= 15 is 4.57 Å². The van der Waals surface area contributed by atoms with Crippen molar-refractivity contribution in [3.05, 3.63) is 148 Å². The molecule has 6 aromatic carbocycles. The number of halogens is 1. The molecule has 0 spiro atoms. The summed E-state index contributed by atoms with van der Waals surface area (Å²) in [6.45, 7) is 0. The number of hydrogen-bond donors (Lipinski definition) is 1. The van der Waals surface area contributed by atoms with Crippen molar-refractivity contribution in [3.8, 4) is 28.3 Å². The van der Waals surface area contributed by atoms with Crippen molar-refractivity contribution in [2.45, 2.75) is 12.8 Å². The van der Waals surface area contributed by atoms with Gasteiger partial charge < -0.3 is 10.3 Å². The molecule has 0 unspecified atom stereocenters. The average Bonchev–Trinajstić information content (AvgIpc) is 3.07. The van der Waals surface area contributed by atoms with Crippen molar-refractivity contribution in [1.29, 1.82) is 5.26 Å². The van der Waals surface area contributed by atoms with Crippen molar-refractivity contribution >= 4 is 45.2 Å². The molecule has 218 valence electrons.